The first kappa shape index (κ1) is 16.6. The largest absolute Gasteiger partial charge is 0.458 e. The van der Waals surface area contributed by atoms with E-state index in [1.807, 2.05) is 57.2 Å². The molecule has 3 rings (SSSR count). The number of rotatable bonds is 3. The van der Waals surface area contributed by atoms with Crippen molar-refractivity contribution in [1.82, 2.24) is 4.90 Å². The minimum absolute atomic E-state index is 0.0965. The summed E-state index contributed by atoms with van der Waals surface area (Å²) in [6, 6.07) is 9.40. The molecule has 5 nitrogen and oxygen atoms in total. The van der Waals surface area contributed by atoms with Crippen LogP contribution in [0, 0.1) is 0 Å². The van der Waals surface area contributed by atoms with Crippen molar-refractivity contribution >= 4 is 12.1 Å². The van der Waals surface area contributed by atoms with E-state index < -0.39 is 17.2 Å². The zero-order valence-corrected chi connectivity index (χ0v) is 14.3. The van der Waals surface area contributed by atoms with E-state index in [1.54, 1.807) is 6.08 Å². The molecule has 0 aliphatic carbocycles. The van der Waals surface area contributed by atoms with Gasteiger partial charge in [0.15, 0.2) is 5.54 Å². The lowest BCUT2D eigenvalue weighted by molar-refractivity contribution is -0.164. The Labute approximate surface area is 142 Å². The van der Waals surface area contributed by atoms with Crippen LogP contribution in [-0.4, -0.2) is 34.1 Å². The van der Waals surface area contributed by atoms with Crippen LogP contribution in [0.3, 0.4) is 0 Å². The number of ether oxygens (including phenoxy) is 2. The minimum atomic E-state index is -1.02. The van der Waals surface area contributed by atoms with Crippen molar-refractivity contribution in [2.24, 2.45) is 0 Å². The number of carbonyl (C=O) groups excluding carboxylic acids is 2. The van der Waals surface area contributed by atoms with Crippen molar-refractivity contribution in [2.75, 3.05) is 0 Å². The summed E-state index contributed by atoms with van der Waals surface area (Å²) in [6.45, 7) is 5.66. The monoisotopic (exact) mass is 329 g/mol. The topological polar surface area (TPSA) is 55.8 Å². The van der Waals surface area contributed by atoms with E-state index in [0.29, 0.717) is 6.42 Å². The zero-order chi connectivity index (χ0) is 17.4. The third-order valence-electron chi connectivity index (χ3n) is 4.33. The van der Waals surface area contributed by atoms with Crippen molar-refractivity contribution < 1.29 is 19.1 Å². The number of hydrogen-bond acceptors (Lipinski definition) is 4. The molecule has 24 heavy (non-hydrogen) atoms. The predicted octanol–water partition coefficient (Wildman–Crippen LogP) is 3.44. The van der Waals surface area contributed by atoms with Gasteiger partial charge in [-0.1, -0.05) is 36.4 Å². The van der Waals surface area contributed by atoms with E-state index >= 15 is 0 Å². The molecule has 2 heterocycles. The molecule has 2 atom stereocenters. The maximum Gasteiger partial charge on any atom is 0.411 e. The van der Waals surface area contributed by atoms with Crippen molar-refractivity contribution in [2.45, 2.75) is 57.4 Å². The van der Waals surface area contributed by atoms with Gasteiger partial charge in [0.2, 0.25) is 0 Å². The second kappa shape index (κ2) is 5.96. The van der Waals surface area contributed by atoms with Crippen LogP contribution in [0.1, 0.15) is 39.2 Å². The van der Waals surface area contributed by atoms with Crippen molar-refractivity contribution in [3.8, 4) is 0 Å². The Balaban J connectivity index is 1.72. The molecule has 1 amide bonds. The summed E-state index contributed by atoms with van der Waals surface area (Å²) in [7, 11) is 0. The number of hydrogen-bond donors (Lipinski definition) is 0. The first-order valence-corrected chi connectivity index (χ1v) is 8.25. The summed E-state index contributed by atoms with van der Waals surface area (Å²) < 4.78 is 11.0. The number of fused-ring (bicyclic) bond motifs is 2. The molecule has 2 aliphatic heterocycles. The van der Waals surface area contributed by atoms with Crippen LogP contribution in [0.25, 0.3) is 0 Å². The number of benzene rings is 1. The van der Waals surface area contributed by atoms with Gasteiger partial charge in [-0.05, 0) is 45.3 Å². The summed E-state index contributed by atoms with van der Waals surface area (Å²) in [5.74, 6) is -0.386. The number of carbonyl (C=O) groups is 2. The summed E-state index contributed by atoms with van der Waals surface area (Å²) >= 11 is 0. The fourth-order valence-corrected chi connectivity index (χ4v) is 3.25. The molecule has 0 spiro atoms. The summed E-state index contributed by atoms with van der Waals surface area (Å²) in [4.78, 5) is 26.8. The Hall–Kier alpha value is -2.30. The van der Waals surface area contributed by atoms with Gasteiger partial charge in [-0.3, -0.25) is 4.90 Å². The normalized spacial score (nSPS) is 25.0. The Morgan fingerprint density at radius 3 is 2.54 bits per heavy atom. The Bertz CT molecular complexity index is 662. The molecule has 1 aromatic carbocycles. The SMILES string of the molecule is CC(C)(C)OC(=O)[C@@]12C=C[C@@H](CC1)N2C(=O)OCc1ccccc1. The maximum atomic E-state index is 12.7. The van der Waals surface area contributed by atoms with Gasteiger partial charge in [-0.15, -0.1) is 0 Å². The fourth-order valence-electron chi connectivity index (χ4n) is 3.25. The second-order valence-corrected chi connectivity index (χ2v) is 7.30. The van der Waals surface area contributed by atoms with Gasteiger partial charge >= 0.3 is 12.1 Å². The molecule has 0 unspecified atom stereocenters. The van der Waals surface area contributed by atoms with E-state index in [-0.39, 0.29) is 18.6 Å². The fraction of sp³-hybridized carbons (Fsp3) is 0.474. The minimum Gasteiger partial charge on any atom is -0.458 e. The van der Waals surface area contributed by atoms with Crippen molar-refractivity contribution in [3.05, 3.63) is 48.0 Å². The van der Waals surface area contributed by atoms with Crippen LogP contribution in [0.5, 0.6) is 0 Å². The number of esters is 1. The van der Waals surface area contributed by atoms with Crippen molar-refractivity contribution in [3.63, 3.8) is 0 Å². The van der Waals surface area contributed by atoms with E-state index in [4.69, 9.17) is 9.47 Å². The molecular formula is C19H23NO4. The molecule has 1 fully saturated rings. The van der Waals surface area contributed by atoms with Gasteiger partial charge in [-0.25, -0.2) is 9.59 Å². The molecule has 0 aromatic heterocycles. The highest BCUT2D eigenvalue weighted by Gasteiger charge is 2.57. The van der Waals surface area contributed by atoms with Gasteiger partial charge in [0.25, 0.3) is 0 Å². The highest BCUT2D eigenvalue weighted by Crippen LogP contribution is 2.43. The standard InChI is InChI=1S/C19H23NO4/c1-18(2,3)24-16(21)19-11-9-15(10-12-19)20(19)17(22)23-13-14-7-5-4-6-8-14/h4-9,11,15H,10,12-13H2,1-3H3/t15-,19+/m0/s1. The average Bonchev–Trinajstić information content (AvgIpc) is 3.09. The third kappa shape index (κ3) is 3.03. The second-order valence-electron chi connectivity index (χ2n) is 7.30. The third-order valence-corrected chi connectivity index (χ3v) is 4.33. The first-order valence-electron chi connectivity index (χ1n) is 8.25. The molecule has 0 saturated carbocycles. The smallest absolute Gasteiger partial charge is 0.411 e. The van der Waals surface area contributed by atoms with Gasteiger partial charge in [-0.2, -0.15) is 0 Å². The quantitative estimate of drug-likeness (QED) is 0.630. The van der Waals surface area contributed by atoms with E-state index in [0.717, 1.165) is 12.0 Å². The Kier molecular flexibility index (Phi) is 4.11. The van der Waals surface area contributed by atoms with E-state index in [9.17, 15) is 9.59 Å². The molecule has 1 saturated heterocycles. The highest BCUT2D eigenvalue weighted by molar-refractivity contribution is 5.90. The number of amides is 1. The first-order chi connectivity index (χ1) is 11.3. The van der Waals surface area contributed by atoms with Crippen LogP contribution in [0.15, 0.2) is 42.5 Å². The van der Waals surface area contributed by atoms with Gasteiger partial charge < -0.3 is 9.47 Å². The molecular weight excluding hydrogens is 306 g/mol. The molecule has 5 heteroatoms. The summed E-state index contributed by atoms with van der Waals surface area (Å²) in [5, 5.41) is 0. The van der Waals surface area contributed by atoms with Crippen LogP contribution < -0.4 is 0 Å². The van der Waals surface area contributed by atoms with E-state index in [2.05, 4.69) is 0 Å². The molecule has 0 N–H and O–H groups in total. The van der Waals surface area contributed by atoms with E-state index in [1.165, 1.54) is 4.90 Å². The lowest BCUT2D eigenvalue weighted by atomic mass is 9.93. The van der Waals surface area contributed by atoms with Crippen LogP contribution in [-0.2, 0) is 20.9 Å². The molecule has 0 radical (unpaired) electrons. The van der Waals surface area contributed by atoms with Crippen LogP contribution in [0.4, 0.5) is 4.79 Å². The maximum absolute atomic E-state index is 12.7. The molecule has 1 aromatic rings. The zero-order valence-electron chi connectivity index (χ0n) is 14.3. The summed E-state index contributed by atoms with van der Waals surface area (Å²) in [5.41, 5.74) is -0.706. The highest BCUT2D eigenvalue weighted by atomic mass is 16.6. The van der Waals surface area contributed by atoms with Crippen LogP contribution in [0.2, 0.25) is 0 Å². The summed E-state index contributed by atoms with van der Waals surface area (Å²) in [6.07, 6.45) is 4.54. The lowest BCUT2D eigenvalue weighted by Crippen LogP contribution is -2.53. The Morgan fingerprint density at radius 1 is 1.25 bits per heavy atom. The van der Waals surface area contributed by atoms with Crippen molar-refractivity contribution in [1.29, 1.82) is 0 Å². The van der Waals surface area contributed by atoms with Gasteiger partial charge in [0.05, 0.1) is 6.04 Å². The van der Waals surface area contributed by atoms with Gasteiger partial charge in [0.1, 0.15) is 12.2 Å². The molecule has 2 bridgehead atoms. The van der Waals surface area contributed by atoms with Crippen LogP contribution >= 0.6 is 0 Å². The lowest BCUT2D eigenvalue weighted by Gasteiger charge is -2.34. The predicted molar refractivity (Wildman–Crippen MR) is 89.2 cm³/mol. The Morgan fingerprint density at radius 2 is 1.96 bits per heavy atom. The average molecular weight is 329 g/mol. The molecule has 2 aliphatic rings. The molecule has 128 valence electrons. The number of nitrogens with zero attached hydrogens (tertiary/aromatic N) is 1. The van der Waals surface area contributed by atoms with Gasteiger partial charge in [0, 0.05) is 0 Å².